The van der Waals surface area contributed by atoms with Crippen LogP contribution in [0.5, 0.6) is 5.75 Å². The van der Waals surface area contributed by atoms with Crippen molar-refractivity contribution in [1.82, 2.24) is 4.57 Å². The van der Waals surface area contributed by atoms with E-state index in [1.807, 2.05) is 18.2 Å². The summed E-state index contributed by atoms with van der Waals surface area (Å²) in [5.41, 5.74) is 0.380. The molecule has 0 spiro atoms. The molecular weight excluding hydrogens is 264 g/mol. The molecule has 5 heteroatoms. The lowest BCUT2D eigenvalue weighted by Gasteiger charge is -2.16. The van der Waals surface area contributed by atoms with Gasteiger partial charge in [0.15, 0.2) is 5.75 Å². The van der Waals surface area contributed by atoms with Crippen molar-refractivity contribution in [3.05, 3.63) is 63.6 Å². The van der Waals surface area contributed by atoms with E-state index in [4.69, 9.17) is 4.74 Å². The average molecular weight is 279 g/mol. The first kappa shape index (κ1) is 14.2. The SMILES string of the molecule is Cc1cc(=O)c(OCc2ccccc2)c(C(F)F)n1C. The molecule has 0 unspecified atom stereocenters. The predicted octanol–water partition coefficient (Wildman–Crippen LogP) is 3.21. The number of alkyl halides is 2. The van der Waals surface area contributed by atoms with Gasteiger partial charge in [-0.3, -0.25) is 4.79 Å². The number of pyridine rings is 1. The molecule has 0 saturated heterocycles. The molecule has 0 N–H and O–H groups in total. The molecule has 0 bridgehead atoms. The van der Waals surface area contributed by atoms with Gasteiger partial charge in [0, 0.05) is 18.8 Å². The van der Waals surface area contributed by atoms with Crippen LogP contribution in [0, 0.1) is 6.92 Å². The second-order valence-corrected chi connectivity index (χ2v) is 4.50. The van der Waals surface area contributed by atoms with Gasteiger partial charge in [-0.1, -0.05) is 30.3 Å². The molecule has 0 radical (unpaired) electrons. The Hall–Kier alpha value is -2.17. The summed E-state index contributed by atoms with van der Waals surface area (Å²) in [6, 6.07) is 10.4. The normalized spacial score (nSPS) is 10.8. The summed E-state index contributed by atoms with van der Waals surface area (Å²) in [5, 5.41) is 0. The number of ether oxygens (including phenoxy) is 1. The van der Waals surface area contributed by atoms with Gasteiger partial charge in [0.2, 0.25) is 5.43 Å². The minimum Gasteiger partial charge on any atom is -0.483 e. The van der Waals surface area contributed by atoms with E-state index in [1.165, 1.54) is 17.7 Å². The van der Waals surface area contributed by atoms with E-state index < -0.39 is 11.9 Å². The van der Waals surface area contributed by atoms with E-state index in [0.717, 1.165) is 5.56 Å². The van der Waals surface area contributed by atoms with Crippen LogP contribution in [-0.2, 0) is 13.7 Å². The molecule has 0 amide bonds. The molecule has 0 aliphatic rings. The average Bonchev–Trinajstić information content (AvgIpc) is 2.42. The Kier molecular flexibility index (Phi) is 4.17. The second-order valence-electron chi connectivity index (χ2n) is 4.50. The van der Waals surface area contributed by atoms with Crippen molar-refractivity contribution >= 4 is 0 Å². The van der Waals surface area contributed by atoms with Crippen LogP contribution in [0.25, 0.3) is 0 Å². The highest BCUT2D eigenvalue weighted by molar-refractivity contribution is 5.32. The summed E-state index contributed by atoms with van der Waals surface area (Å²) < 4.78 is 32.9. The van der Waals surface area contributed by atoms with Crippen LogP contribution < -0.4 is 10.2 Å². The van der Waals surface area contributed by atoms with E-state index >= 15 is 0 Å². The molecule has 1 heterocycles. The maximum absolute atomic E-state index is 13.1. The largest absolute Gasteiger partial charge is 0.483 e. The number of hydrogen-bond donors (Lipinski definition) is 0. The zero-order chi connectivity index (χ0) is 14.7. The van der Waals surface area contributed by atoms with Crippen molar-refractivity contribution < 1.29 is 13.5 Å². The van der Waals surface area contributed by atoms with Crippen LogP contribution in [0.2, 0.25) is 0 Å². The molecule has 2 aromatic rings. The lowest BCUT2D eigenvalue weighted by molar-refractivity contribution is 0.133. The van der Waals surface area contributed by atoms with Gasteiger partial charge in [-0.05, 0) is 12.5 Å². The fourth-order valence-electron chi connectivity index (χ4n) is 1.94. The summed E-state index contributed by atoms with van der Waals surface area (Å²) in [6.07, 6.45) is -2.77. The summed E-state index contributed by atoms with van der Waals surface area (Å²) in [5.74, 6) is -0.281. The maximum atomic E-state index is 13.1. The summed E-state index contributed by atoms with van der Waals surface area (Å²) in [4.78, 5) is 11.9. The molecule has 0 fully saturated rings. The molecule has 1 aromatic heterocycles. The Morgan fingerprint density at radius 3 is 2.50 bits per heavy atom. The Bertz CT molecular complexity index is 651. The smallest absolute Gasteiger partial charge is 0.282 e. The van der Waals surface area contributed by atoms with Crippen molar-refractivity contribution in [2.75, 3.05) is 0 Å². The van der Waals surface area contributed by atoms with Gasteiger partial charge in [0.25, 0.3) is 6.43 Å². The molecule has 2 rings (SSSR count). The van der Waals surface area contributed by atoms with Crippen molar-refractivity contribution in [3.63, 3.8) is 0 Å². The van der Waals surface area contributed by atoms with Crippen LogP contribution in [0.15, 0.2) is 41.2 Å². The van der Waals surface area contributed by atoms with E-state index in [0.29, 0.717) is 5.69 Å². The third-order valence-electron chi connectivity index (χ3n) is 3.12. The molecule has 106 valence electrons. The monoisotopic (exact) mass is 279 g/mol. The van der Waals surface area contributed by atoms with Gasteiger partial charge in [0.1, 0.15) is 12.3 Å². The first-order valence-corrected chi connectivity index (χ1v) is 6.16. The summed E-state index contributed by atoms with van der Waals surface area (Å²) >= 11 is 0. The van der Waals surface area contributed by atoms with Crippen molar-refractivity contribution in [3.8, 4) is 5.75 Å². The van der Waals surface area contributed by atoms with Gasteiger partial charge in [-0.15, -0.1) is 0 Å². The highest BCUT2D eigenvalue weighted by Crippen LogP contribution is 2.27. The fourth-order valence-corrected chi connectivity index (χ4v) is 1.94. The lowest BCUT2D eigenvalue weighted by Crippen LogP contribution is -2.18. The molecule has 0 aliphatic carbocycles. The second kappa shape index (κ2) is 5.86. The van der Waals surface area contributed by atoms with Crippen LogP contribution in [0.4, 0.5) is 8.78 Å². The van der Waals surface area contributed by atoms with Gasteiger partial charge in [0.05, 0.1) is 0 Å². The molecule has 20 heavy (non-hydrogen) atoms. The van der Waals surface area contributed by atoms with Crippen molar-refractivity contribution in [2.45, 2.75) is 20.0 Å². The van der Waals surface area contributed by atoms with E-state index in [2.05, 4.69) is 0 Å². The number of halogens is 2. The quantitative estimate of drug-likeness (QED) is 0.860. The van der Waals surface area contributed by atoms with Crippen molar-refractivity contribution in [1.29, 1.82) is 0 Å². The maximum Gasteiger partial charge on any atom is 0.282 e. The Labute approximate surface area is 115 Å². The Morgan fingerprint density at radius 1 is 1.25 bits per heavy atom. The highest BCUT2D eigenvalue weighted by atomic mass is 19.3. The van der Waals surface area contributed by atoms with Gasteiger partial charge in [-0.25, -0.2) is 8.78 Å². The lowest BCUT2D eigenvalue weighted by atomic mass is 10.2. The van der Waals surface area contributed by atoms with Crippen LogP contribution in [0.1, 0.15) is 23.4 Å². The highest BCUT2D eigenvalue weighted by Gasteiger charge is 2.21. The number of benzene rings is 1. The van der Waals surface area contributed by atoms with E-state index in [9.17, 15) is 13.6 Å². The van der Waals surface area contributed by atoms with Crippen LogP contribution in [0.3, 0.4) is 0 Å². The van der Waals surface area contributed by atoms with E-state index in [1.54, 1.807) is 19.1 Å². The molecule has 1 aromatic carbocycles. The minimum absolute atomic E-state index is 0.0822. The summed E-state index contributed by atoms with van der Waals surface area (Å²) in [7, 11) is 1.49. The minimum atomic E-state index is -2.77. The molecule has 0 atom stereocenters. The number of hydrogen-bond acceptors (Lipinski definition) is 2. The fraction of sp³-hybridized carbons (Fsp3) is 0.267. The first-order chi connectivity index (χ1) is 9.50. The number of aromatic nitrogens is 1. The molecule has 3 nitrogen and oxygen atoms in total. The number of nitrogens with zero attached hydrogens (tertiary/aromatic N) is 1. The molecule has 0 aliphatic heterocycles. The summed E-state index contributed by atoms with van der Waals surface area (Å²) in [6.45, 7) is 1.69. The van der Waals surface area contributed by atoms with Crippen LogP contribution in [-0.4, -0.2) is 4.57 Å². The zero-order valence-corrected chi connectivity index (χ0v) is 11.3. The van der Waals surface area contributed by atoms with Crippen molar-refractivity contribution in [2.24, 2.45) is 7.05 Å². The Morgan fingerprint density at radius 2 is 1.90 bits per heavy atom. The number of rotatable bonds is 4. The van der Waals surface area contributed by atoms with Gasteiger partial charge >= 0.3 is 0 Å². The standard InChI is InChI=1S/C15H15F2NO2/c1-10-8-12(19)14(13(15(16)17)18(10)2)20-9-11-6-4-3-5-7-11/h3-8,15H,9H2,1-2H3. The van der Waals surface area contributed by atoms with Gasteiger partial charge < -0.3 is 9.30 Å². The molecular formula is C15H15F2NO2. The topological polar surface area (TPSA) is 31.2 Å². The van der Waals surface area contributed by atoms with Gasteiger partial charge in [-0.2, -0.15) is 0 Å². The zero-order valence-electron chi connectivity index (χ0n) is 11.3. The third-order valence-corrected chi connectivity index (χ3v) is 3.12. The predicted molar refractivity (Wildman–Crippen MR) is 72.2 cm³/mol. The Balaban J connectivity index is 2.36. The number of aryl methyl sites for hydroxylation is 1. The van der Waals surface area contributed by atoms with Crippen LogP contribution >= 0.6 is 0 Å². The first-order valence-electron chi connectivity index (χ1n) is 6.16. The van der Waals surface area contributed by atoms with E-state index in [-0.39, 0.29) is 18.1 Å². The molecule has 0 saturated carbocycles. The third kappa shape index (κ3) is 2.87.